The Morgan fingerprint density at radius 3 is 2.90 bits per heavy atom. The van der Waals surface area contributed by atoms with Crippen LogP contribution in [0.4, 0.5) is 5.82 Å². The van der Waals surface area contributed by atoms with Crippen LogP contribution in [-0.4, -0.2) is 40.6 Å². The highest BCUT2D eigenvalue weighted by atomic mass is 15.2. The summed E-state index contributed by atoms with van der Waals surface area (Å²) >= 11 is 0. The molecule has 2 aromatic rings. The maximum atomic E-state index is 4.69. The molecule has 112 valence electrons. The van der Waals surface area contributed by atoms with E-state index in [0.29, 0.717) is 12.0 Å². The first-order chi connectivity index (χ1) is 10.2. The van der Waals surface area contributed by atoms with Gasteiger partial charge in [0.05, 0.1) is 0 Å². The van der Waals surface area contributed by atoms with Crippen molar-refractivity contribution < 1.29 is 0 Å². The molecule has 1 saturated heterocycles. The zero-order chi connectivity index (χ0) is 14.7. The van der Waals surface area contributed by atoms with Crippen molar-refractivity contribution in [1.29, 1.82) is 0 Å². The fourth-order valence-corrected chi connectivity index (χ4v) is 2.93. The first-order valence-corrected chi connectivity index (χ1v) is 7.79. The van der Waals surface area contributed by atoms with Crippen LogP contribution in [0, 0.1) is 5.92 Å². The van der Waals surface area contributed by atoms with Gasteiger partial charge >= 0.3 is 0 Å². The zero-order valence-electron chi connectivity index (χ0n) is 12.8. The predicted octanol–water partition coefficient (Wildman–Crippen LogP) is 2.24. The van der Waals surface area contributed by atoms with E-state index in [2.05, 4.69) is 40.1 Å². The van der Waals surface area contributed by atoms with Gasteiger partial charge in [0.2, 0.25) is 0 Å². The molecule has 1 N–H and O–H groups in total. The largest absolute Gasteiger partial charge is 0.354 e. The predicted molar refractivity (Wildman–Crippen MR) is 85.4 cm³/mol. The van der Waals surface area contributed by atoms with Gasteiger partial charge in [-0.05, 0) is 57.8 Å². The van der Waals surface area contributed by atoms with Crippen molar-refractivity contribution in [2.75, 3.05) is 24.5 Å². The van der Waals surface area contributed by atoms with E-state index in [1.165, 1.54) is 12.8 Å². The van der Waals surface area contributed by atoms with Gasteiger partial charge in [0.1, 0.15) is 11.3 Å². The monoisotopic (exact) mass is 285 g/mol. The van der Waals surface area contributed by atoms with Gasteiger partial charge in [0.15, 0.2) is 5.65 Å². The van der Waals surface area contributed by atoms with Crippen LogP contribution in [0.5, 0.6) is 0 Å². The van der Waals surface area contributed by atoms with Crippen molar-refractivity contribution in [2.45, 2.75) is 32.7 Å². The molecule has 3 heterocycles. The van der Waals surface area contributed by atoms with Crippen molar-refractivity contribution in [1.82, 2.24) is 20.3 Å². The number of rotatable bonds is 4. The van der Waals surface area contributed by atoms with E-state index in [0.717, 1.165) is 36.6 Å². The summed E-state index contributed by atoms with van der Waals surface area (Å²) in [7, 11) is 0. The van der Waals surface area contributed by atoms with E-state index in [9.17, 15) is 0 Å². The Hall–Kier alpha value is -1.75. The van der Waals surface area contributed by atoms with E-state index >= 15 is 0 Å². The van der Waals surface area contributed by atoms with Crippen LogP contribution < -0.4 is 10.2 Å². The van der Waals surface area contributed by atoms with Gasteiger partial charge in [0, 0.05) is 25.0 Å². The summed E-state index contributed by atoms with van der Waals surface area (Å²) in [5.74, 6) is 1.70. The molecular weight excluding hydrogens is 262 g/mol. The zero-order valence-corrected chi connectivity index (χ0v) is 12.8. The molecule has 21 heavy (non-hydrogen) atoms. The SMILES string of the molecule is CC(C)N(CC1CCCNC1)c1ccc2nccnc2n1. The third-order valence-corrected chi connectivity index (χ3v) is 4.09. The van der Waals surface area contributed by atoms with Crippen molar-refractivity contribution in [3.63, 3.8) is 0 Å². The molecule has 1 aliphatic rings. The molecule has 1 atom stereocenters. The van der Waals surface area contributed by atoms with Crippen LogP contribution in [0.25, 0.3) is 11.2 Å². The Morgan fingerprint density at radius 1 is 1.29 bits per heavy atom. The number of piperidine rings is 1. The van der Waals surface area contributed by atoms with Crippen LogP contribution >= 0.6 is 0 Å². The van der Waals surface area contributed by atoms with Crippen LogP contribution in [0.3, 0.4) is 0 Å². The van der Waals surface area contributed by atoms with E-state index in [1.54, 1.807) is 12.4 Å². The average Bonchev–Trinajstić information content (AvgIpc) is 2.53. The first-order valence-electron chi connectivity index (χ1n) is 7.79. The van der Waals surface area contributed by atoms with Crippen molar-refractivity contribution in [2.24, 2.45) is 5.92 Å². The highest BCUT2D eigenvalue weighted by molar-refractivity contribution is 5.71. The highest BCUT2D eigenvalue weighted by Gasteiger charge is 2.20. The summed E-state index contributed by atoms with van der Waals surface area (Å²) in [6, 6.07) is 4.50. The summed E-state index contributed by atoms with van der Waals surface area (Å²) in [6.07, 6.45) is 5.97. The van der Waals surface area contributed by atoms with E-state index in [4.69, 9.17) is 4.98 Å². The fourth-order valence-electron chi connectivity index (χ4n) is 2.93. The van der Waals surface area contributed by atoms with Crippen LogP contribution in [0.2, 0.25) is 0 Å². The summed E-state index contributed by atoms with van der Waals surface area (Å²) in [5, 5.41) is 3.49. The number of hydrogen-bond donors (Lipinski definition) is 1. The molecule has 0 aliphatic carbocycles. The first kappa shape index (κ1) is 14.2. The topological polar surface area (TPSA) is 53.9 Å². The molecule has 0 spiro atoms. The molecular formula is C16H23N5. The smallest absolute Gasteiger partial charge is 0.180 e. The van der Waals surface area contributed by atoms with Gasteiger partial charge in [-0.2, -0.15) is 0 Å². The number of anilines is 1. The average molecular weight is 285 g/mol. The molecule has 1 aliphatic heterocycles. The molecule has 5 nitrogen and oxygen atoms in total. The van der Waals surface area contributed by atoms with Gasteiger partial charge < -0.3 is 10.2 Å². The molecule has 0 aromatic carbocycles. The Bertz CT molecular complexity index is 592. The summed E-state index contributed by atoms with van der Waals surface area (Å²) in [5.41, 5.74) is 1.58. The van der Waals surface area contributed by atoms with Gasteiger partial charge in [-0.15, -0.1) is 0 Å². The van der Waals surface area contributed by atoms with E-state index in [-0.39, 0.29) is 0 Å². The molecule has 5 heteroatoms. The maximum absolute atomic E-state index is 4.69. The van der Waals surface area contributed by atoms with Crippen molar-refractivity contribution in [3.05, 3.63) is 24.5 Å². The number of aromatic nitrogens is 3. The lowest BCUT2D eigenvalue weighted by atomic mass is 9.98. The molecule has 0 radical (unpaired) electrons. The van der Waals surface area contributed by atoms with Crippen LogP contribution in [-0.2, 0) is 0 Å². The standard InChI is InChI=1S/C16H23N5/c1-12(2)21(11-13-4-3-7-17-10-13)15-6-5-14-16(20-15)19-9-8-18-14/h5-6,8-9,12-13,17H,3-4,7,10-11H2,1-2H3. The quantitative estimate of drug-likeness (QED) is 0.933. The molecule has 1 unspecified atom stereocenters. The fraction of sp³-hybridized carbons (Fsp3) is 0.562. The number of nitrogens with zero attached hydrogens (tertiary/aromatic N) is 4. The molecule has 0 saturated carbocycles. The molecule has 0 bridgehead atoms. The minimum Gasteiger partial charge on any atom is -0.354 e. The number of pyridine rings is 1. The summed E-state index contributed by atoms with van der Waals surface area (Å²) in [4.78, 5) is 15.7. The molecule has 1 fully saturated rings. The van der Waals surface area contributed by atoms with E-state index < -0.39 is 0 Å². The van der Waals surface area contributed by atoms with Crippen molar-refractivity contribution in [3.8, 4) is 0 Å². The molecule has 2 aromatic heterocycles. The summed E-state index contributed by atoms with van der Waals surface area (Å²) in [6.45, 7) is 7.75. The minimum absolute atomic E-state index is 0.425. The highest BCUT2D eigenvalue weighted by Crippen LogP contribution is 2.21. The molecule has 3 rings (SSSR count). The maximum Gasteiger partial charge on any atom is 0.180 e. The van der Waals surface area contributed by atoms with Gasteiger partial charge in [-0.1, -0.05) is 0 Å². The molecule has 0 amide bonds. The Labute approximate surface area is 125 Å². The second-order valence-electron chi connectivity index (χ2n) is 6.03. The number of fused-ring (bicyclic) bond motifs is 1. The Kier molecular flexibility index (Phi) is 4.29. The third kappa shape index (κ3) is 3.29. The van der Waals surface area contributed by atoms with Gasteiger partial charge in [0.25, 0.3) is 0 Å². The van der Waals surface area contributed by atoms with Gasteiger partial charge in [-0.3, -0.25) is 4.98 Å². The Morgan fingerprint density at radius 2 is 2.14 bits per heavy atom. The lowest BCUT2D eigenvalue weighted by molar-refractivity contribution is 0.370. The van der Waals surface area contributed by atoms with Crippen LogP contribution in [0.15, 0.2) is 24.5 Å². The Balaban J connectivity index is 1.84. The lowest BCUT2D eigenvalue weighted by Gasteiger charge is -2.33. The lowest BCUT2D eigenvalue weighted by Crippen LogP contribution is -2.41. The normalized spacial score (nSPS) is 19.1. The minimum atomic E-state index is 0.425. The van der Waals surface area contributed by atoms with Crippen molar-refractivity contribution >= 4 is 17.0 Å². The van der Waals surface area contributed by atoms with Gasteiger partial charge in [-0.25, -0.2) is 9.97 Å². The number of nitrogens with one attached hydrogen (secondary N) is 1. The second kappa shape index (κ2) is 6.35. The second-order valence-corrected chi connectivity index (χ2v) is 6.03. The number of hydrogen-bond acceptors (Lipinski definition) is 5. The summed E-state index contributed by atoms with van der Waals surface area (Å²) < 4.78 is 0. The van der Waals surface area contributed by atoms with Crippen LogP contribution in [0.1, 0.15) is 26.7 Å². The van der Waals surface area contributed by atoms with E-state index in [1.807, 2.05) is 6.07 Å². The third-order valence-electron chi connectivity index (χ3n) is 4.09.